The highest BCUT2D eigenvalue weighted by molar-refractivity contribution is 6.20. The Morgan fingerprint density at radius 1 is 0.489 bits per heavy atom. The molecule has 45 heavy (non-hydrogen) atoms. The summed E-state index contributed by atoms with van der Waals surface area (Å²) in [6, 6.07) is 27.5. The van der Waals surface area contributed by atoms with E-state index in [2.05, 4.69) is 19.2 Å². The Hall–Kier alpha value is -5.92. The standard InChI is InChI=1S/C44H30O/c1-3-34-35(4-2)43(37-20-12-11-19-36(37)42(34)32-25-23-31(24-26-32)29-15-7-5-8-16-29)39-27-33(30-17-9-6-10-18-30)28-41-44(39)38-21-13-14-22-40(38)45-41/h3-28H,1-2H2/i7D,8D,15D,16D,23D,24D,25D,26D. The fourth-order valence-electron chi connectivity index (χ4n) is 6.28. The minimum absolute atomic E-state index is 0.0210. The maximum Gasteiger partial charge on any atom is 0.136 e. The van der Waals surface area contributed by atoms with Crippen molar-refractivity contribution in [2.45, 2.75) is 0 Å². The van der Waals surface area contributed by atoms with Crippen molar-refractivity contribution >= 4 is 44.9 Å². The van der Waals surface area contributed by atoms with Gasteiger partial charge < -0.3 is 4.42 Å². The molecule has 1 nitrogen and oxygen atoms in total. The van der Waals surface area contributed by atoms with Crippen molar-refractivity contribution < 1.29 is 15.4 Å². The molecule has 0 saturated heterocycles. The zero-order valence-electron chi connectivity index (χ0n) is 32.2. The lowest BCUT2D eigenvalue weighted by atomic mass is 9.82. The highest BCUT2D eigenvalue weighted by atomic mass is 16.3. The van der Waals surface area contributed by atoms with Gasteiger partial charge in [-0.2, -0.15) is 0 Å². The molecular weight excluding hydrogens is 544 g/mol. The van der Waals surface area contributed by atoms with E-state index in [9.17, 15) is 2.74 Å². The minimum atomic E-state index is -0.474. The molecular formula is C44H30O. The number of para-hydroxylation sites is 1. The molecule has 1 heterocycles. The number of fused-ring (bicyclic) bond motifs is 4. The summed E-state index contributed by atoms with van der Waals surface area (Å²) in [5, 5.41) is 3.29. The Kier molecular flexibility index (Phi) is 4.72. The van der Waals surface area contributed by atoms with Crippen LogP contribution in [0, 0.1) is 0 Å². The first-order valence-corrected chi connectivity index (χ1v) is 14.6. The summed E-state index contributed by atoms with van der Waals surface area (Å²) < 4.78 is 76.7. The van der Waals surface area contributed by atoms with Crippen LogP contribution in [0.2, 0.25) is 0 Å². The highest BCUT2D eigenvalue weighted by Crippen LogP contribution is 2.48. The summed E-state index contributed by atoms with van der Waals surface area (Å²) in [7, 11) is 0. The lowest BCUT2D eigenvalue weighted by molar-refractivity contribution is 0.669. The smallest absolute Gasteiger partial charge is 0.136 e. The number of rotatable bonds is 6. The third-order valence-electron chi connectivity index (χ3n) is 8.22. The fraction of sp³-hybridized carbons (Fsp3) is 0. The van der Waals surface area contributed by atoms with Crippen molar-refractivity contribution in [2.24, 2.45) is 0 Å². The first-order chi connectivity index (χ1) is 25.6. The molecule has 0 spiro atoms. The molecule has 0 aliphatic heterocycles. The van der Waals surface area contributed by atoms with Gasteiger partial charge in [0.05, 0.1) is 11.0 Å². The van der Waals surface area contributed by atoms with Crippen LogP contribution in [0.5, 0.6) is 0 Å². The second-order valence-electron chi connectivity index (χ2n) is 10.7. The molecule has 0 aliphatic rings. The van der Waals surface area contributed by atoms with E-state index in [1.807, 2.05) is 84.9 Å². The normalized spacial score (nSPS) is 13.8. The third kappa shape index (κ3) is 4.41. The Morgan fingerprint density at radius 2 is 1.07 bits per heavy atom. The van der Waals surface area contributed by atoms with Gasteiger partial charge >= 0.3 is 0 Å². The van der Waals surface area contributed by atoms with Gasteiger partial charge in [-0.25, -0.2) is 0 Å². The summed E-state index contributed by atoms with van der Waals surface area (Å²) in [6.45, 7) is 8.40. The molecule has 0 amide bonds. The van der Waals surface area contributed by atoms with Gasteiger partial charge in [0, 0.05) is 10.8 Å². The second-order valence-corrected chi connectivity index (χ2v) is 10.7. The van der Waals surface area contributed by atoms with Crippen molar-refractivity contribution in [3.63, 3.8) is 0 Å². The molecule has 1 heteroatoms. The van der Waals surface area contributed by atoms with Crippen molar-refractivity contribution in [1.82, 2.24) is 0 Å². The van der Waals surface area contributed by atoms with Gasteiger partial charge in [-0.1, -0.05) is 153 Å². The predicted molar refractivity (Wildman–Crippen MR) is 193 cm³/mol. The van der Waals surface area contributed by atoms with E-state index in [1.54, 1.807) is 12.2 Å². The first-order valence-electron chi connectivity index (χ1n) is 18.6. The Morgan fingerprint density at radius 3 is 1.78 bits per heavy atom. The van der Waals surface area contributed by atoms with Gasteiger partial charge in [0.1, 0.15) is 11.2 Å². The van der Waals surface area contributed by atoms with Crippen LogP contribution in [0.4, 0.5) is 0 Å². The summed E-state index contributed by atoms with van der Waals surface area (Å²) in [5.74, 6) is 0. The first kappa shape index (κ1) is 19.4. The molecule has 0 N–H and O–H groups in total. The minimum Gasteiger partial charge on any atom is -0.456 e. The van der Waals surface area contributed by atoms with Gasteiger partial charge in [-0.05, 0) is 84.6 Å². The van der Waals surface area contributed by atoms with E-state index in [-0.39, 0.29) is 40.9 Å². The molecule has 212 valence electrons. The van der Waals surface area contributed by atoms with Crippen molar-refractivity contribution in [1.29, 1.82) is 0 Å². The van der Waals surface area contributed by atoms with Crippen molar-refractivity contribution in [3.8, 4) is 44.5 Å². The summed E-state index contributed by atoms with van der Waals surface area (Å²) in [6.07, 6.45) is 3.37. The van der Waals surface area contributed by atoms with E-state index < -0.39 is 24.2 Å². The molecule has 1 aromatic heterocycles. The fourth-order valence-corrected chi connectivity index (χ4v) is 6.28. The quantitative estimate of drug-likeness (QED) is 0.190. The van der Waals surface area contributed by atoms with E-state index in [4.69, 9.17) is 12.6 Å². The molecule has 0 fully saturated rings. The molecule has 0 radical (unpaired) electrons. The number of benzene rings is 7. The largest absolute Gasteiger partial charge is 0.456 e. The van der Waals surface area contributed by atoms with E-state index in [0.717, 1.165) is 50.1 Å². The molecule has 8 rings (SSSR count). The van der Waals surface area contributed by atoms with Crippen LogP contribution in [0.3, 0.4) is 0 Å². The summed E-state index contributed by atoms with van der Waals surface area (Å²) in [4.78, 5) is 0. The van der Waals surface area contributed by atoms with Crippen molar-refractivity contribution in [3.05, 3.63) is 170 Å². The Labute approximate surface area is 274 Å². The number of hydrogen-bond donors (Lipinski definition) is 0. The van der Waals surface area contributed by atoms with Gasteiger partial charge in [-0.15, -0.1) is 0 Å². The molecule has 0 saturated carbocycles. The van der Waals surface area contributed by atoms with E-state index >= 15 is 0 Å². The van der Waals surface area contributed by atoms with Crippen LogP contribution in [0.15, 0.2) is 163 Å². The molecule has 8 aromatic rings. The summed E-state index contributed by atoms with van der Waals surface area (Å²) in [5.41, 5.74) is 6.22. The highest BCUT2D eigenvalue weighted by Gasteiger charge is 2.23. The average Bonchev–Trinajstić information content (AvgIpc) is 3.56. The summed E-state index contributed by atoms with van der Waals surface area (Å²) >= 11 is 0. The molecule has 0 atom stereocenters. The van der Waals surface area contributed by atoms with Crippen molar-refractivity contribution in [2.75, 3.05) is 0 Å². The molecule has 7 aromatic carbocycles. The van der Waals surface area contributed by atoms with Crippen LogP contribution < -0.4 is 0 Å². The maximum absolute atomic E-state index is 9.32. The Balaban J connectivity index is 1.51. The van der Waals surface area contributed by atoms with Crippen LogP contribution in [-0.4, -0.2) is 0 Å². The van der Waals surface area contributed by atoms with Gasteiger partial charge in [-0.3, -0.25) is 0 Å². The zero-order valence-corrected chi connectivity index (χ0v) is 24.2. The van der Waals surface area contributed by atoms with Gasteiger partial charge in [0.25, 0.3) is 0 Å². The topological polar surface area (TPSA) is 13.1 Å². The lowest BCUT2D eigenvalue weighted by Crippen LogP contribution is -1.97. The van der Waals surface area contributed by atoms with Crippen LogP contribution in [0.25, 0.3) is 89.4 Å². The molecule has 0 bridgehead atoms. The maximum atomic E-state index is 9.32. The van der Waals surface area contributed by atoms with Gasteiger partial charge in [0.15, 0.2) is 0 Å². The van der Waals surface area contributed by atoms with Crippen LogP contribution in [-0.2, 0) is 0 Å². The zero-order chi connectivity index (χ0) is 37.3. The van der Waals surface area contributed by atoms with E-state index in [1.165, 1.54) is 0 Å². The number of hydrogen-bond acceptors (Lipinski definition) is 1. The van der Waals surface area contributed by atoms with Crippen LogP contribution >= 0.6 is 0 Å². The average molecular weight is 583 g/mol. The van der Waals surface area contributed by atoms with Gasteiger partial charge in [0.2, 0.25) is 0 Å². The third-order valence-corrected chi connectivity index (χ3v) is 8.22. The molecule has 0 aliphatic carbocycles. The lowest BCUT2D eigenvalue weighted by Gasteiger charge is -2.21. The predicted octanol–water partition coefficient (Wildman–Crippen LogP) is 12.7. The number of furan rings is 1. The SMILES string of the molecule is [2H]c1cc([2H])c([2H])c(-c2c([2H])c([2H])c(-c3c(C=C)c(C=C)c(-c4cc(-c5ccccc5)cc5oc6ccccc6c45)c4ccccc34)c([2H])c2[2H])c1[2H]. The monoisotopic (exact) mass is 582 g/mol. The molecule has 0 unspecified atom stereocenters. The Bertz CT molecular complexity index is 2800. The second kappa shape index (κ2) is 11.0. The van der Waals surface area contributed by atoms with Crippen LogP contribution in [0.1, 0.15) is 22.1 Å². The van der Waals surface area contributed by atoms with E-state index in [0.29, 0.717) is 27.7 Å².